The van der Waals surface area contributed by atoms with E-state index in [4.69, 9.17) is 0 Å². The lowest BCUT2D eigenvalue weighted by Gasteiger charge is -2.26. The van der Waals surface area contributed by atoms with Gasteiger partial charge in [-0.25, -0.2) is 0 Å². The van der Waals surface area contributed by atoms with Gasteiger partial charge in [-0.3, -0.25) is 14.9 Å². The Balaban J connectivity index is 2.21. The summed E-state index contributed by atoms with van der Waals surface area (Å²) in [5.74, 6) is -0.106. The van der Waals surface area contributed by atoms with Crippen molar-refractivity contribution in [3.8, 4) is 0 Å². The van der Waals surface area contributed by atoms with Crippen LogP contribution in [0, 0.1) is 17.0 Å². The normalized spacial score (nSPS) is 19.6. The highest BCUT2D eigenvalue weighted by molar-refractivity contribution is 5.96. The number of rotatable bonds is 4. The van der Waals surface area contributed by atoms with E-state index in [1.54, 1.807) is 18.7 Å². The number of aryl methyl sites for hydroxylation is 1. The SMILES string of the molecule is Cc1cc([N+](=O)[O-])ccc1C(=O)N1CCC[C@H]1C[C@@H](C)O. The molecule has 0 unspecified atom stereocenters. The molecule has 1 aromatic rings. The zero-order chi connectivity index (χ0) is 15.6. The lowest BCUT2D eigenvalue weighted by atomic mass is 10.0. The van der Waals surface area contributed by atoms with Crippen LogP contribution >= 0.6 is 0 Å². The quantitative estimate of drug-likeness (QED) is 0.681. The number of aliphatic hydroxyl groups excluding tert-OH is 1. The molecular formula is C15H20N2O4. The fourth-order valence-corrected chi connectivity index (χ4v) is 2.90. The first-order chi connectivity index (χ1) is 9.90. The minimum Gasteiger partial charge on any atom is -0.393 e. The van der Waals surface area contributed by atoms with Gasteiger partial charge in [0.25, 0.3) is 11.6 Å². The Hall–Kier alpha value is -1.95. The lowest BCUT2D eigenvalue weighted by Crippen LogP contribution is -2.37. The summed E-state index contributed by atoms with van der Waals surface area (Å²) in [6, 6.07) is 4.35. The second-order valence-electron chi connectivity index (χ2n) is 5.64. The van der Waals surface area contributed by atoms with E-state index in [0.29, 0.717) is 24.1 Å². The van der Waals surface area contributed by atoms with Crippen molar-refractivity contribution in [3.05, 3.63) is 39.4 Å². The molecule has 0 spiro atoms. The number of likely N-dealkylation sites (tertiary alicyclic amines) is 1. The fourth-order valence-electron chi connectivity index (χ4n) is 2.90. The van der Waals surface area contributed by atoms with Crippen molar-refractivity contribution < 1.29 is 14.8 Å². The third kappa shape index (κ3) is 3.39. The molecule has 1 fully saturated rings. The summed E-state index contributed by atoms with van der Waals surface area (Å²) < 4.78 is 0. The molecule has 6 nitrogen and oxygen atoms in total. The predicted molar refractivity (Wildman–Crippen MR) is 78.2 cm³/mol. The summed E-state index contributed by atoms with van der Waals surface area (Å²) in [6.45, 7) is 4.10. The molecule has 1 amide bonds. The second kappa shape index (κ2) is 6.22. The molecule has 0 saturated carbocycles. The number of hydrogen-bond acceptors (Lipinski definition) is 4. The van der Waals surface area contributed by atoms with Gasteiger partial charge in [0.1, 0.15) is 0 Å². The Bertz CT molecular complexity index is 557. The van der Waals surface area contributed by atoms with Gasteiger partial charge in [-0.2, -0.15) is 0 Å². The van der Waals surface area contributed by atoms with E-state index in [2.05, 4.69) is 0 Å². The van der Waals surface area contributed by atoms with Crippen molar-refractivity contribution in [1.82, 2.24) is 4.90 Å². The summed E-state index contributed by atoms with van der Waals surface area (Å²) in [5.41, 5.74) is 1.10. The van der Waals surface area contributed by atoms with Crippen LogP contribution in [0.15, 0.2) is 18.2 Å². The average molecular weight is 292 g/mol. The Labute approximate surface area is 123 Å². The van der Waals surface area contributed by atoms with E-state index in [-0.39, 0.29) is 17.6 Å². The van der Waals surface area contributed by atoms with E-state index in [1.165, 1.54) is 18.2 Å². The molecule has 2 atom stereocenters. The van der Waals surface area contributed by atoms with Crippen LogP contribution in [0.4, 0.5) is 5.69 Å². The molecule has 6 heteroatoms. The zero-order valence-corrected chi connectivity index (χ0v) is 12.3. The number of non-ortho nitro benzene ring substituents is 1. The molecule has 0 radical (unpaired) electrons. The fraction of sp³-hybridized carbons (Fsp3) is 0.533. The summed E-state index contributed by atoms with van der Waals surface area (Å²) in [7, 11) is 0. The maximum atomic E-state index is 12.6. The highest BCUT2D eigenvalue weighted by Gasteiger charge is 2.31. The minimum atomic E-state index is -0.465. The molecule has 0 aromatic heterocycles. The first-order valence-corrected chi connectivity index (χ1v) is 7.14. The summed E-state index contributed by atoms with van der Waals surface area (Å²) >= 11 is 0. The van der Waals surface area contributed by atoms with E-state index < -0.39 is 11.0 Å². The molecule has 1 aliphatic rings. The Morgan fingerprint density at radius 2 is 2.29 bits per heavy atom. The second-order valence-corrected chi connectivity index (χ2v) is 5.64. The molecule has 0 bridgehead atoms. The van der Waals surface area contributed by atoms with Crippen LogP contribution in [0.25, 0.3) is 0 Å². The van der Waals surface area contributed by atoms with Crippen LogP contribution < -0.4 is 0 Å². The third-order valence-electron chi connectivity index (χ3n) is 3.90. The summed E-state index contributed by atoms with van der Waals surface area (Å²) in [6.07, 6.45) is 1.94. The van der Waals surface area contributed by atoms with Gasteiger partial charge in [0, 0.05) is 30.3 Å². The van der Waals surface area contributed by atoms with E-state index in [9.17, 15) is 20.0 Å². The highest BCUT2D eigenvalue weighted by atomic mass is 16.6. The number of hydrogen-bond donors (Lipinski definition) is 1. The Morgan fingerprint density at radius 3 is 2.86 bits per heavy atom. The standard InChI is InChI=1S/C15H20N2O4/c1-10-8-13(17(20)21)5-6-14(10)15(19)16-7-3-4-12(16)9-11(2)18/h5-6,8,11-12,18H,3-4,7,9H2,1-2H3/t11-,12+/m1/s1. The first kappa shape index (κ1) is 15.4. The minimum absolute atomic E-state index is 0.00833. The number of nitro groups is 1. The number of aliphatic hydroxyl groups is 1. The third-order valence-corrected chi connectivity index (χ3v) is 3.90. The van der Waals surface area contributed by atoms with Crippen LogP contribution in [0.5, 0.6) is 0 Å². The molecule has 1 aromatic carbocycles. The van der Waals surface area contributed by atoms with Crippen LogP contribution in [0.3, 0.4) is 0 Å². The van der Waals surface area contributed by atoms with Crippen molar-refractivity contribution in [3.63, 3.8) is 0 Å². The zero-order valence-electron chi connectivity index (χ0n) is 12.3. The van der Waals surface area contributed by atoms with Gasteiger partial charge in [-0.05, 0) is 44.7 Å². The van der Waals surface area contributed by atoms with Crippen molar-refractivity contribution in [2.75, 3.05) is 6.54 Å². The predicted octanol–water partition coefficient (Wildman–Crippen LogP) is 2.28. The van der Waals surface area contributed by atoms with Crippen molar-refractivity contribution in [2.24, 2.45) is 0 Å². The number of nitrogens with zero attached hydrogens (tertiary/aromatic N) is 2. The maximum absolute atomic E-state index is 12.6. The van der Waals surface area contributed by atoms with Gasteiger partial charge >= 0.3 is 0 Å². The van der Waals surface area contributed by atoms with Crippen LogP contribution in [0.1, 0.15) is 42.1 Å². The topological polar surface area (TPSA) is 83.7 Å². The van der Waals surface area contributed by atoms with Crippen LogP contribution in [-0.2, 0) is 0 Å². The molecular weight excluding hydrogens is 272 g/mol. The van der Waals surface area contributed by atoms with Gasteiger partial charge in [0.05, 0.1) is 11.0 Å². The van der Waals surface area contributed by atoms with Gasteiger partial charge < -0.3 is 10.0 Å². The molecule has 0 aliphatic carbocycles. The highest BCUT2D eigenvalue weighted by Crippen LogP contribution is 2.26. The molecule has 1 heterocycles. The maximum Gasteiger partial charge on any atom is 0.269 e. The van der Waals surface area contributed by atoms with Crippen LogP contribution in [0.2, 0.25) is 0 Å². The molecule has 1 N–H and O–H groups in total. The summed E-state index contributed by atoms with van der Waals surface area (Å²) in [5, 5.41) is 20.3. The molecule has 1 saturated heterocycles. The molecule has 21 heavy (non-hydrogen) atoms. The molecule has 1 aliphatic heterocycles. The van der Waals surface area contributed by atoms with E-state index in [1.807, 2.05) is 0 Å². The Kier molecular flexibility index (Phi) is 4.57. The lowest BCUT2D eigenvalue weighted by molar-refractivity contribution is -0.384. The van der Waals surface area contributed by atoms with E-state index in [0.717, 1.165) is 12.8 Å². The molecule has 2 rings (SSSR count). The van der Waals surface area contributed by atoms with Crippen molar-refractivity contribution in [1.29, 1.82) is 0 Å². The number of carbonyl (C=O) groups is 1. The van der Waals surface area contributed by atoms with Crippen molar-refractivity contribution >= 4 is 11.6 Å². The number of benzene rings is 1. The first-order valence-electron chi connectivity index (χ1n) is 7.14. The molecule has 114 valence electrons. The smallest absolute Gasteiger partial charge is 0.269 e. The monoisotopic (exact) mass is 292 g/mol. The van der Waals surface area contributed by atoms with Gasteiger partial charge in [0.15, 0.2) is 0 Å². The van der Waals surface area contributed by atoms with Crippen LogP contribution in [-0.4, -0.2) is 39.5 Å². The van der Waals surface area contributed by atoms with Gasteiger partial charge in [-0.1, -0.05) is 0 Å². The largest absolute Gasteiger partial charge is 0.393 e. The number of carbonyl (C=O) groups excluding carboxylic acids is 1. The number of amides is 1. The number of nitro benzene ring substituents is 1. The Morgan fingerprint density at radius 1 is 1.57 bits per heavy atom. The van der Waals surface area contributed by atoms with Gasteiger partial charge in [0.2, 0.25) is 0 Å². The van der Waals surface area contributed by atoms with E-state index >= 15 is 0 Å². The average Bonchev–Trinajstić information content (AvgIpc) is 2.85. The summed E-state index contributed by atoms with van der Waals surface area (Å²) in [4.78, 5) is 24.7. The van der Waals surface area contributed by atoms with Gasteiger partial charge in [-0.15, -0.1) is 0 Å². The van der Waals surface area contributed by atoms with Crippen molar-refractivity contribution in [2.45, 2.75) is 45.3 Å².